The summed E-state index contributed by atoms with van der Waals surface area (Å²) in [6, 6.07) is 0. The number of sulfone groups is 1. The van der Waals surface area contributed by atoms with Crippen molar-refractivity contribution in [3.8, 4) is 0 Å². The van der Waals surface area contributed by atoms with Crippen LogP contribution in [0.25, 0.3) is 0 Å². The number of piperidine rings is 1. The van der Waals surface area contributed by atoms with Gasteiger partial charge in [0.15, 0.2) is 9.84 Å². The van der Waals surface area contributed by atoms with E-state index >= 15 is 0 Å². The molecule has 0 aromatic carbocycles. The van der Waals surface area contributed by atoms with Crippen molar-refractivity contribution in [2.75, 3.05) is 19.3 Å². The molecule has 1 saturated heterocycles. The van der Waals surface area contributed by atoms with Crippen molar-refractivity contribution in [3.05, 3.63) is 0 Å². The molecule has 0 aliphatic carbocycles. The van der Waals surface area contributed by atoms with Gasteiger partial charge in [0, 0.05) is 19.3 Å². The summed E-state index contributed by atoms with van der Waals surface area (Å²) in [7, 11) is -2.85. The Hall–Kier alpha value is 0.260. The number of nitrogens with zero attached hydrogens (tertiary/aromatic N) is 1. The van der Waals surface area contributed by atoms with E-state index in [-0.39, 0.29) is 5.25 Å². The van der Waals surface area contributed by atoms with Crippen LogP contribution in [0.3, 0.4) is 0 Å². The summed E-state index contributed by atoms with van der Waals surface area (Å²) in [4.78, 5) is 0. The predicted octanol–water partition coefficient (Wildman–Crippen LogP) is 0.340. The molecule has 0 bridgehead atoms. The van der Waals surface area contributed by atoms with E-state index in [1.165, 1.54) is 6.26 Å². The fourth-order valence-corrected chi connectivity index (χ4v) is 2.76. The number of hydrogen-bond acceptors (Lipinski definition) is 4. The smallest absolute Gasteiger partial charge is 0.151 e. The highest BCUT2D eigenvalue weighted by molar-refractivity contribution is 7.91. The van der Waals surface area contributed by atoms with Crippen molar-refractivity contribution in [3.63, 3.8) is 0 Å². The summed E-state index contributed by atoms with van der Waals surface area (Å²) < 4.78 is 23.9. The third kappa shape index (κ3) is 2.65. The fraction of sp³-hybridized carbons (Fsp3) is 1.00. The molecule has 1 aliphatic heterocycles. The maximum atomic E-state index is 11.1. The Morgan fingerprint density at radius 1 is 1.55 bits per heavy atom. The topological polar surface area (TPSA) is 37.4 Å². The minimum atomic E-state index is -2.85. The van der Waals surface area contributed by atoms with E-state index in [4.69, 9.17) is 0 Å². The van der Waals surface area contributed by atoms with Crippen molar-refractivity contribution in [2.24, 2.45) is 0 Å². The second-order valence-corrected chi connectivity index (χ2v) is 5.90. The van der Waals surface area contributed by atoms with Crippen LogP contribution in [-0.4, -0.2) is 37.3 Å². The van der Waals surface area contributed by atoms with Gasteiger partial charge in [0.2, 0.25) is 0 Å². The lowest BCUT2D eigenvalue weighted by Crippen LogP contribution is -2.37. The second kappa shape index (κ2) is 3.33. The van der Waals surface area contributed by atoms with Crippen molar-refractivity contribution in [1.29, 1.82) is 0 Å². The molecule has 1 fully saturated rings. The molecule has 66 valence electrons. The molecule has 1 aliphatic rings. The maximum absolute atomic E-state index is 11.1. The monoisotopic (exact) mass is 195 g/mol. The van der Waals surface area contributed by atoms with E-state index in [1.54, 1.807) is 4.31 Å². The molecule has 0 radical (unpaired) electrons. The van der Waals surface area contributed by atoms with Gasteiger partial charge in [0.05, 0.1) is 5.25 Å². The van der Waals surface area contributed by atoms with Crippen LogP contribution in [0.15, 0.2) is 0 Å². The van der Waals surface area contributed by atoms with Crippen LogP contribution in [0.5, 0.6) is 0 Å². The Kier molecular flexibility index (Phi) is 2.83. The first-order valence-corrected chi connectivity index (χ1v) is 5.98. The van der Waals surface area contributed by atoms with Gasteiger partial charge in [0.25, 0.3) is 0 Å². The second-order valence-electron chi connectivity index (χ2n) is 3.01. The van der Waals surface area contributed by atoms with Gasteiger partial charge in [-0.15, -0.1) is 0 Å². The molecule has 1 unspecified atom stereocenters. The number of rotatable bonds is 1. The molecular weight excluding hydrogens is 182 g/mol. The van der Waals surface area contributed by atoms with Gasteiger partial charge in [-0.2, -0.15) is 0 Å². The van der Waals surface area contributed by atoms with Crippen molar-refractivity contribution >= 4 is 22.7 Å². The summed E-state index contributed by atoms with van der Waals surface area (Å²) in [6.07, 6.45) is 3.02. The Labute approximate surface area is 73.2 Å². The van der Waals surface area contributed by atoms with Gasteiger partial charge in [-0.3, -0.25) is 4.31 Å². The molecule has 0 aromatic heterocycles. The molecule has 3 nitrogen and oxygen atoms in total. The molecule has 0 amide bonds. The molecule has 0 saturated carbocycles. The van der Waals surface area contributed by atoms with E-state index in [0.717, 1.165) is 19.4 Å². The number of hydrogen-bond donors (Lipinski definition) is 1. The number of thiol groups is 1. The molecule has 11 heavy (non-hydrogen) atoms. The minimum absolute atomic E-state index is 0.200. The lowest BCUT2D eigenvalue weighted by molar-refractivity contribution is 0.382. The molecule has 1 heterocycles. The average Bonchev–Trinajstić information content (AvgIpc) is 1.86. The highest BCUT2D eigenvalue weighted by Crippen LogP contribution is 2.16. The standard InChI is InChI=1S/C6H13NO2S2/c1-11(8,9)6-3-2-4-7(10)5-6/h6,10H,2-5H2,1H3. The SMILES string of the molecule is CS(=O)(=O)C1CCCN(S)C1. The lowest BCUT2D eigenvalue weighted by Gasteiger charge is -2.27. The molecule has 0 spiro atoms. The minimum Gasteiger partial charge on any atom is -0.252 e. The maximum Gasteiger partial charge on any atom is 0.151 e. The molecular formula is C6H13NO2S2. The van der Waals surface area contributed by atoms with E-state index in [2.05, 4.69) is 12.8 Å². The molecule has 0 N–H and O–H groups in total. The van der Waals surface area contributed by atoms with Gasteiger partial charge >= 0.3 is 0 Å². The van der Waals surface area contributed by atoms with Crippen LogP contribution in [-0.2, 0) is 9.84 Å². The summed E-state index contributed by atoms with van der Waals surface area (Å²) in [6.45, 7) is 1.47. The highest BCUT2D eigenvalue weighted by Gasteiger charge is 2.25. The Morgan fingerprint density at radius 2 is 2.18 bits per heavy atom. The van der Waals surface area contributed by atoms with Crippen LogP contribution >= 0.6 is 12.8 Å². The van der Waals surface area contributed by atoms with Crippen molar-refractivity contribution in [1.82, 2.24) is 4.31 Å². The summed E-state index contributed by atoms with van der Waals surface area (Å²) >= 11 is 4.12. The van der Waals surface area contributed by atoms with E-state index in [1.807, 2.05) is 0 Å². The Bertz CT molecular complexity index is 225. The zero-order valence-corrected chi connectivity index (χ0v) is 8.24. The lowest BCUT2D eigenvalue weighted by atomic mass is 10.2. The van der Waals surface area contributed by atoms with E-state index in [9.17, 15) is 8.42 Å². The summed E-state index contributed by atoms with van der Waals surface area (Å²) in [5, 5.41) is -0.200. The van der Waals surface area contributed by atoms with Crippen LogP contribution in [0, 0.1) is 0 Å². The zero-order chi connectivity index (χ0) is 8.48. The van der Waals surface area contributed by atoms with Gasteiger partial charge < -0.3 is 0 Å². The zero-order valence-electron chi connectivity index (χ0n) is 6.52. The largest absolute Gasteiger partial charge is 0.252 e. The average molecular weight is 195 g/mol. The first-order valence-electron chi connectivity index (χ1n) is 3.63. The molecule has 0 aromatic rings. The van der Waals surface area contributed by atoms with Crippen LogP contribution in [0.2, 0.25) is 0 Å². The first-order chi connectivity index (χ1) is 5.00. The molecule has 1 rings (SSSR count). The summed E-state index contributed by atoms with van der Waals surface area (Å²) in [5.41, 5.74) is 0. The Balaban J connectivity index is 2.60. The van der Waals surface area contributed by atoms with Crippen LogP contribution in [0.4, 0.5) is 0 Å². The first kappa shape index (κ1) is 9.35. The van der Waals surface area contributed by atoms with Crippen LogP contribution < -0.4 is 0 Å². The summed E-state index contributed by atoms with van der Waals surface area (Å²) in [5.74, 6) is 0. The molecule has 5 heteroatoms. The van der Waals surface area contributed by atoms with Gasteiger partial charge in [-0.05, 0) is 12.8 Å². The van der Waals surface area contributed by atoms with Crippen LogP contribution in [0.1, 0.15) is 12.8 Å². The quantitative estimate of drug-likeness (QED) is 0.613. The van der Waals surface area contributed by atoms with Gasteiger partial charge in [-0.25, -0.2) is 8.42 Å². The normalized spacial score (nSPS) is 28.7. The predicted molar refractivity (Wildman–Crippen MR) is 48.4 cm³/mol. The highest BCUT2D eigenvalue weighted by atomic mass is 32.2. The van der Waals surface area contributed by atoms with E-state index < -0.39 is 9.84 Å². The van der Waals surface area contributed by atoms with Gasteiger partial charge in [-0.1, -0.05) is 12.8 Å². The third-order valence-corrected chi connectivity index (χ3v) is 3.92. The third-order valence-electron chi connectivity index (χ3n) is 1.96. The van der Waals surface area contributed by atoms with Crippen molar-refractivity contribution in [2.45, 2.75) is 18.1 Å². The fourth-order valence-electron chi connectivity index (χ4n) is 1.27. The van der Waals surface area contributed by atoms with E-state index in [0.29, 0.717) is 6.54 Å². The van der Waals surface area contributed by atoms with Gasteiger partial charge in [0.1, 0.15) is 0 Å². The Morgan fingerprint density at radius 3 is 2.55 bits per heavy atom. The molecule has 1 atom stereocenters. The van der Waals surface area contributed by atoms with Crippen molar-refractivity contribution < 1.29 is 8.42 Å².